The Morgan fingerprint density at radius 3 is 2.17 bits per heavy atom. The Bertz CT molecular complexity index is 1090. The van der Waals surface area contributed by atoms with Crippen molar-refractivity contribution in [2.24, 2.45) is 0 Å². The van der Waals surface area contributed by atoms with E-state index < -0.39 is 0 Å². The van der Waals surface area contributed by atoms with E-state index in [1.165, 1.54) is 5.69 Å². The van der Waals surface area contributed by atoms with Gasteiger partial charge in [-0.1, -0.05) is 22.6 Å². The summed E-state index contributed by atoms with van der Waals surface area (Å²) in [6, 6.07) is 12.3. The van der Waals surface area contributed by atoms with Crippen LogP contribution in [0.25, 0.3) is 22.8 Å². The number of anilines is 2. The molecule has 0 N–H and O–H groups in total. The van der Waals surface area contributed by atoms with E-state index in [9.17, 15) is 0 Å². The first-order valence-corrected chi connectivity index (χ1v) is 13.8. The molecule has 0 spiro atoms. The van der Waals surface area contributed by atoms with Crippen LogP contribution in [0.2, 0.25) is 0 Å². The van der Waals surface area contributed by atoms with Crippen molar-refractivity contribution in [3.8, 4) is 28.5 Å². The molecule has 192 valence electrons. The van der Waals surface area contributed by atoms with Crippen molar-refractivity contribution in [3.05, 3.63) is 48.8 Å². The lowest BCUT2D eigenvalue weighted by Crippen LogP contribution is -2.54. The van der Waals surface area contributed by atoms with Gasteiger partial charge in [-0.25, -0.2) is 4.98 Å². The summed E-state index contributed by atoms with van der Waals surface area (Å²) in [6.07, 6.45) is 3.73. The maximum atomic E-state index is 5.65. The largest absolute Gasteiger partial charge is 0.497 e. The second-order valence-corrected chi connectivity index (χ2v) is 10.8. The van der Waals surface area contributed by atoms with Crippen LogP contribution in [-0.4, -0.2) is 103 Å². The number of rotatable bonds is 9. The average molecular weight is 603 g/mol. The summed E-state index contributed by atoms with van der Waals surface area (Å²) in [4.78, 5) is 21.3. The molecule has 0 aromatic carbocycles. The van der Waals surface area contributed by atoms with E-state index in [0.29, 0.717) is 0 Å². The minimum Gasteiger partial charge on any atom is -0.497 e. The van der Waals surface area contributed by atoms with Crippen molar-refractivity contribution in [1.82, 2.24) is 19.9 Å². The number of aromatic nitrogens is 3. The van der Waals surface area contributed by atoms with Gasteiger partial charge in [-0.15, -0.1) is 0 Å². The molecule has 0 atom stereocenters. The number of halogens is 1. The molecule has 8 nitrogen and oxygen atoms in total. The number of hydrogen-bond donors (Lipinski definition) is 0. The second kappa shape index (κ2) is 11.7. The van der Waals surface area contributed by atoms with Crippen LogP contribution in [0.3, 0.4) is 0 Å². The van der Waals surface area contributed by atoms with Crippen molar-refractivity contribution in [2.45, 2.75) is 0 Å². The zero-order valence-electron chi connectivity index (χ0n) is 22.0. The zero-order chi connectivity index (χ0) is 25.7. The number of alkyl halides is 1. The summed E-state index contributed by atoms with van der Waals surface area (Å²) in [5.74, 6) is 0.741. The molecule has 1 aliphatic heterocycles. The fourth-order valence-corrected chi connectivity index (χ4v) is 4.98. The van der Waals surface area contributed by atoms with Crippen LogP contribution in [0, 0.1) is 0 Å². The number of ether oxygens (including phenoxy) is 1. The van der Waals surface area contributed by atoms with Gasteiger partial charge in [-0.3, -0.25) is 9.97 Å². The predicted molar refractivity (Wildman–Crippen MR) is 156 cm³/mol. The molecule has 1 aliphatic rings. The third-order valence-corrected chi connectivity index (χ3v) is 7.51. The lowest BCUT2D eigenvalue weighted by atomic mass is 10.1. The molecule has 0 saturated carbocycles. The maximum absolute atomic E-state index is 5.65. The van der Waals surface area contributed by atoms with Gasteiger partial charge < -0.3 is 23.9 Å². The number of quaternary nitrogens is 1. The van der Waals surface area contributed by atoms with Gasteiger partial charge in [-0.05, 0) is 38.4 Å². The van der Waals surface area contributed by atoms with Crippen LogP contribution in [0.1, 0.15) is 0 Å². The Hall–Kier alpha value is -2.50. The quantitative estimate of drug-likeness (QED) is 0.160. The van der Waals surface area contributed by atoms with Crippen molar-refractivity contribution in [1.29, 1.82) is 0 Å². The number of piperazine rings is 1. The predicted octanol–water partition coefficient (Wildman–Crippen LogP) is 3.87. The van der Waals surface area contributed by atoms with Gasteiger partial charge in [0, 0.05) is 49.0 Å². The summed E-state index contributed by atoms with van der Waals surface area (Å²) in [5.41, 5.74) is 5.53. The van der Waals surface area contributed by atoms with Crippen LogP contribution in [0.15, 0.2) is 48.8 Å². The highest BCUT2D eigenvalue weighted by atomic mass is 127. The summed E-state index contributed by atoms with van der Waals surface area (Å²) in [6.45, 7) is 6.25. The molecule has 3 aromatic heterocycles. The van der Waals surface area contributed by atoms with Gasteiger partial charge in [-0.2, -0.15) is 0 Å². The summed E-state index contributed by atoms with van der Waals surface area (Å²) < 4.78 is 7.61. The van der Waals surface area contributed by atoms with Crippen LogP contribution in [0.5, 0.6) is 5.75 Å². The van der Waals surface area contributed by atoms with Gasteiger partial charge in [0.05, 0.1) is 74.7 Å². The highest BCUT2D eigenvalue weighted by Crippen LogP contribution is 2.30. The van der Waals surface area contributed by atoms with Gasteiger partial charge >= 0.3 is 0 Å². The van der Waals surface area contributed by atoms with Gasteiger partial charge in [0.2, 0.25) is 0 Å². The molecule has 0 unspecified atom stereocenters. The third kappa shape index (κ3) is 6.63. The molecule has 1 fully saturated rings. The normalized spacial score (nSPS) is 15.2. The van der Waals surface area contributed by atoms with Crippen molar-refractivity contribution in [3.63, 3.8) is 0 Å². The van der Waals surface area contributed by atoms with Crippen molar-refractivity contribution in [2.75, 3.05) is 88.9 Å². The minimum absolute atomic E-state index is 0.741. The monoisotopic (exact) mass is 602 g/mol. The highest BCUT2D eigenvalue weighted by Gasteiger charge is 2.24. The fraction of sp³-hybridized carbons (Fsp3) is 0.444. The van der Waals surface area contributed by atoms with Crippen LogP contribution < -0.4 is 14.5 Å². The Kier molecular flexibility index (Phi) is 8.63. The van der Waals surface area contributed by atoms with Gasteiger partial charge in [0.25, 0.3) is 0 Å². The summed E-state index contributed by atoms with van der Waals surface area (Å²) in [5, 5.41) is 0. The molecular weight excluding hydrogens is 565 g/mol. The first-order chi connectivity index (χ1) is 17.3. The molecule has 0 amide bonds. The number of pyridine rings is 3. The molecule has 0 radical (unpaired) electrons. The highest BCUT2D eigenvalue weighted by molar-refractivity contribution is 14.1. The Morgan fingerprint density at radius 2 is 1.56 bits per heavy atom. The van der Waals surface area contributed by atoms with E-state index in [1.54, 1.807) is 7.11 Å². The Balaban J connectivity index is 1.64. The summed E-state index contributed by atoms with van der Waals surface area (Å²) >= 11 is 2.41. The average Bonchev–Trinajstić information content (AvgIpc) is 2.89. The maximum Gasteiger partial charge on any atom is 0.123 e. The lowest BCUT2D eigenvalue weighted by Gasteiger charge is -2.40. The minimum atomic E-state index is 0.741. The lowest BCUT2D eigenvalue weighted by molar-refractivity contribution is -0.890. The van der Waals surface area contributed by atoms with Crippen molar-refractivity contribution >= 4 is 34.0 Å². The van der Waals surface area contributed by atoms with Crippen LogP contribution in [-0.2, 0) is 0 Å². The first-order valence-electron chi connectivity index (χ1n) is 12.3. The molecule has 9 heteroatoms. The molecule has 4 rings (SSSR count). The molecule has 4 heterocycles. The number of likely N-dealkylation sites (N-methyl/N-ethyl adjacent to an activating group) is 2. The fourth-order valence-electron chi connectivity index (χ4n) is 4.24. The number of methoxy groups -OCH3 is 1. The van der Waals surface area contributed by atoms with E-state index in [1.807, 2.05) is 24.5 Å². The second-order valence-electron chi connectivity index (χ2n) is 10.1. The molecular formula is C27H37IN7O+. The van der Waals surface area contributed by atoms with Crippen LogP contribution in [0.4, 0.5) is 11.4 Å². The Morgan fingerprint density at radius 1 is 0.917 bits per heavy atom. The third-order valence-electron chi connectivity index (χ3n) is 6.69. The molecule has 0 bridgehead atoms. The number of hydrogen-bond acceptors (Lipinski definition) is 7. The molecule has 0 aliphatic carbocycles. The number of nitrogens with zero attached hydrogens (tertiary/aromatic N) is 7. The Labute approximate surface area is 228 Å². The molecule has 3 aromatic rings. The first kappa shape index (κ1) is 26.6. The molecule has 1 saturated heterocycles. The van der Waals surface area contributed by atoms with Gasteiger partial charge in [0.1, 0.15) is 5.75 Å². The van der Waals surface area contributed by atoms with E-state index in [-0.39, 0.29) is 0 Å². The van der Waals surface area contributed by atoms with E-state index in [4.69, 9.17) is 9.72 Å². The molecule has 36 heavy (non-hydrogen) atoms. The van der Waals surface area contributed by atoms with Crippen molar-refractivity contribution < 1.29 is 9.22 Å². The van der Waals surface area contributed by atoms with Crippen LogP contribution >= 0.6 is 22.6 Å². The topological polar surface area (TPSA) is 57.6 Å². The van der Waals surface area contributed by atoms with Gasteiger partial charge in [0.15, 0.2) is 0 Å². The van der Waals surface area contributed by atoms with E-state index >= 15 is 0 Å². The van der Waals surface area contributed by atoms with E-state index in [0.717, 1.165) is 82.5 Å². The zero-order valence-corrected chi connectivity index (χ0v) is 24.1. The standard InChI is InChI=1S/C27H37IN7O/c1-32(2)10-11-34(20-28)22-7-9-30-25(17-22)27-19-23(36-5)18-26(31-27)24-16-21(6-8-29-24)33-12-14-35(3,4)15-13-33/h6-9,16-19H,10-15,20H2,1-5H3/q+1. The SMILES string of the molecule is COc1cc(-c2cc(N(CI)CCN(C)C)ccn2)nc(-c2cc(N3CC[N+](C)(C)CC3)ccn2)c1. The van der Waals surface area contributed by atoms with E-state index in [2.05, 4.69) is 99.7 Å². The smallest absolute Gasteiger partial charge is 0.123 e. The summed E-state index contributed by atoms with van der Waals surface area (Å²) in [7, 11) is 10.5.